The zero-order valence-corrected chi connectivity index (χ0v) is 13.7. The Hall–Kier alpha value is -3.46. The van der Waals surface area contributed by atoms with E-state index in [1.807, 2.05) is 18.2 Å². The fourth-order valence-corrected chi connectivity index (χ4v) is 2.31. The van der Waals surface area contributed by atoms with E-state index in [0.717, 1.165) is 5.39 Å². The maximum absolute atomic E-state index is 12.1. The summed E-state index contributed by atoms with van der Waals surface area (Å²) >= 11 is 0. The molecular weight excluding hydrogens is 318 g/mol. The SMILES string of the molecule is CC#CCOc1ccc2cc(CNC(=O)c3cccnc3N)oc2c1. The minimum atomic E-state index is -0.298. The molecule has 0 fully saturated rings. The summed E-state index contributed by atoms with van der Waals surface area (Å²) in [5.74, 6) is 6.83. The zero-order chi connectivity index (χ0) is 17.6. The van der Waals surface area contributed by atoms with Gasteiger partial charge in [-0.05, 0) is 37.3 Å². The second-order valence-corrected chi connectivity index (χ2v) is 5.25. The van der Waals surface area contributed by atoms with Crippen molar-refractivity contribution >= 4 is 22.7 Å². The number of anilines is 1. The van der Waals surface area contributed by atoms with Crippen molar-refractivity contribution < 1.29 is 13.9 Å². The smallest absolute Gasteiger partial charge is 0.255 e. The predicted octanol–water partition coefficient (Wildman–Crippen LogP) is 2.74. The number of hydrogen-bond donors (Lipinski definition) is 2. The van der Waals surface area contributed by atoms with Crippen LogP contribution >= 0.6 is 0 Å². The van der Waals surface area contributed by atoms with Gasteiger partial charge in [-0.25, -0.2) is 4.98 Å². The van der Waals surface area contributed by atoms with Crippen molar-refractivity contribution in [1.29, 1.82) is 0 Å². The first-order valence-corrected chi connectivity index (χ1v) is 7.71. The van der Waals surface area contributed by atoms with Crippen LogP contribution in [0.2, 0.25) is 0 Å². The van der Waals surface area contributed by atoms with Crippen molar-refractivity contribution in [1.82, 2.24) is 10.3 Å². The number of hydrogen-bond acceptors (Lipinski definition) is 5. The summed E-state index contributed by atoms with van der Waals surface area (Å²) in [6.45, 7) is 2.34. The highest BCUT2D eigenvalue weighted by Gasteiger charge is 2.11. The van der Waals surface area contributed by atoms with Crippen molar-refractivity contribution in [3.63, 3.8) is 0 Å². The number of carbonyl (C=O) groups excluding carboxylic acids is 1. The van der Waals surface area contributed by atoms with Crippen LogP contribution < -0.4 is 15.8 Å². The molecule has 0 aliphatic rings. The van der Waals surface area contributed by atoms with Gasteiger partial charge in [-0.15, -0.1) is 5.92 Å². The Morgan fingerprint density at radius 3 is 3.04 bits per heavy atom. The number of ether oxygens (including phenoxy) is 1. The molecule has 2 heterocycles. The van der Waals surface area contributed by atoms with Gasteiger partial charge in [-0.3, -0.25) is 4.79 Å². The standard InChI is InChI=1S/C19H17N3O3/c1-2-3-9-24-14-7-6-13-10-15(25-17(13)11-14)12-22-19(23)16-5-4-8-21-18(16)20/h4-8,10-11H,9,12H2,1H3,(H2,20,21)(H,22,23). The fourth-order valence-electron chi connectivity index (χ4n) is 2.31. The number of furan rings is 1. The normalized spacial score (nSPS) is 10.1. The molecule has 3 aromatic rings. The molecule has 0 spiro atoms. The molecule has 6 heteroatoms. The van der Waals surface area contributed by atoms with E-state index in [1.54, 1.807) is 25.1 Å². The van der Waals surface area contributed by atoms with E-state index < -0.39 is 0 Å². The van der Waals surface area contributed by atoms with Gasteiger partial charge in [0.25, 0.3) is 5.91 Å². The van der Waals surface area contributed by atoms with E-state index in [9.17, 15) is 4.79 Å². The number of benzene rings is 1. The van der Waals surface area contributed by atoms with Crippen molar-refractivity contribution in [3.05, 3.63) is 53.9 Å². The molecule has 1 aromatic carbocycles. The number of nitrogen functional groups attached to an aromatic ring is 1. The lowest BCUT2D eigenvalue weighted by Crippen LogP contribution is -2.23. The first kappa shape index (κ1) is 16.4. The Morgan fingerprint density at radius 1 is 1.36 bits per heavy atom. The van der Waals surface area contributed by atoms with Gasteiger partial charge in [0.1, 0.15) is 29.5 Å². The van der Waals surface area contributed by atoms with E-state index in [2.05, 4.69) is 22.1 Å². The van der Waals surface area contributed by atoms with Gasteiger partial charge in [0.15, 0.2) is 0 Å². The third-order valence-corrected chi connectivity index (χ3v) is 3.54. The number of nitrogens with zero attached hydrogens (tertiary/aromatic N) is 1. The third kappa shape index (κ3) is 3.90. The summed E-state index contributed by atoms with van der Waals surface area (Å²) in [5.41, 5.74) is 6.73. The summed E-state index contributed by atoms with van der Waals surface area (Å²) in [5, 5.41) is 3.70. The maximum Gasteiger partial charge on any atom is 0.255 e. The van der Waals surface area contributed by atoms with Crippen LogP contribution in [0.5, 0.6) is 5.75 Å². The van der Waals surface area contributed by atoms with Crippen LogP contribution in [0.1, 0.15) is 23.0 Å². The Balaban J connectivity index is 1.68. The third-order valence-electron chi connectivity index (χ3n) is 3.54. The summed E-state index contributed by atoms with van der Waals surface area (Å²) in [7, 11) is 0. The quantitative estimate of drug-likeness (QED) is 0.700. The van der Waals surface area contributed by atoms with Gasteiger partial charge < -0.3 is 20.2 Å². The average Bonchev–Trinajstić information content (AvgIpc) is 3.02. The molecule has 25 heavy (non-hydrogen) atoms. The van der Waals surface area contributed by atoms with Crippen LogP contribution in [0.3, 0.4) is 0 Å². The van der Waals surface area contributed by atoms with Crippen molar-refractivity contribution in [2.24, 2.45) is 0 Å². The van der Waals surface area contributed by atoms with E-state index in [4.69, 9.17) is 14.9 Å². The molecule has 3 N–H and O–H groups in total. The zero-order valence-electron chi connectivity index (χ0n) is 13.7. The Bertz CT molecular complexity index is 967. The Morgan fingerprint density at radius 2 is 2.24 bits per heavy atom. The molecule has 6 nitrogen and oxygen atoms in total. The van der Waals surface area contributed by atoms with Gasteiger partial charge in [-0.1, -0.05) is 5.92 Å². The van der Waals surface area contributed by atoms with Crippen molar-refractivity contribution in [3.8, 4) is 17.6 Å². The van der Waals surface area contributed by atoms with E-state index in [0.29, 0.717) is 29.3 Å². The van der Waals surface area contributed by atoms with E-state index in [1.165, 1.54) is 6.20 Å². The average molecular weight is 335 g/mol. The number of aromatic nitrogens is 1. The number of nitrogens with one attached hydrogen (secondary N) is 1. The number of nitrogens with two attached hydrogens (primary N) is 1. The first-order valence-electron chi connectivity index (χ1n) is 7.71. The molecule has 0 unspecified atom stereocenters. The lowest BCUT2D eigenvalue weighted by Gasteiger charge is -2.04. The number of fused-ring (bicyclic) bond motifs is 1. The molecule has 1 amide bonds. The summed E-state index contributed by atoms with van der Waals surface area (Å²) in [6.07, 6.45) is 1.54. The highest BCUT2D eigenvalue weighted by atomic mass is 16.5. The van der Waals surface area contributed by atoms with Gasteiger partial charge in [0.05, 0.1) is 12.1 Å². The Labute approximate surface area is 145 Å². The molecule has 0 aliphatic heterocycles. The second kappa shape index (κ2) is 7.41. The molecule has 0 aliphatic carbocycles. The topological polar surface area (TPSA) is 90.4 Å². The molecule has 0 radical (unpaired) electrons. The minimum Gasteiger partial charge on any atom is -0.481 e. The van der Waals surface area contributed by atoms with Gasteiger partial charge >= 0.3 is 0 Å². The summed E-state index contributed by atoms with van der Waals surface area (Å²) in [4.78, 5) is 16.0. The molecule has 0 atom stereocenters. The molecular formula is C19H17N3O3. The number of carbonyl (C=O) groups is 1. The van der Waals surface area contributed by atoms with Gasteiger partial charge in [-0.2, -0.15) is 0 Å². The summed E-state index contributed by atoms with van der Waals surface area (Å²) in [6, 6.07) is 10.7. The van der Waals surface area contributed by atoms with Crippen molar-refractivity contribution in [2.75, 3.05) is 12.3 Å². The van der Waals surface area contributed by atoms with E-state index in [-0.39, 0.29) is 18.3 Å². The van der Waals surface area contributed by atoms with Crippen LogP contribution in [0.4, 0.5) is 5.82 Å². The summed E-state index contributed by atoms with van der Waals surface area (Å²) < 4.78 is 11.3. The lowest BCUT2D eigenvalue weighted by atomic mass is 10.2. The highest BCUT2D eigenvalue weighted by Crippen LogP contribution is 2.24. The molecule has 3 rings (SSSR count). The fraction of sp³-hybridized carbons (Fsp3) is 0.158. The number of rotatable bonds is 5. The van der Waals surface area contributed by atoms with E-state index >= 15 is 0 Å². The largest absolute Gasteiger partial charge is 0.481 e. The van der Waals surface area contributed by atoms with Crippen LogP contribution in [-0.2, 0) is 6.54 Å². The lowest BCUT2D eigenvalue weighted by molar-refractivity contribution is 0.0949. The molecule has 2 aromatic heterocycles. The Kier molecular flexibility index (Phi) is 4.86. The molecule has 0 saturated carbocycles. The second-order valence-electron chi connectivity index (χ2n) is 5.25. The minimum absolute atomic E-state index is 0.196. The monoisotopic (exact) mass is 335 g/mol. The van der Waals surface area contributed by atoms with Crippen LogP contribution in [-0.4, -0.2) is 17.5 Å². The number of amides is 1. The molecule has 0 saturated heterocycles. The highest BCUT2D eigenvalue weighted by molar-refractivity contribution is 5.98. The first-order chi connectivity index (χ1) is 12.2. The van der Waals surface area contributed by atoms with Gasteiger partial charge in [0.2, 0.25) is 0 Å². The number of pyridine rings is 1. The maximum atomic E-state index is 12.1. The van der Waals surface area contributed by atoms with Crippen LogP contribution in [0, 0.1) is 11.8 Å². The predicted molar refractivity (Wildman–Crippen MR) is 95.0 cm³/mol. The van der Waals surface area contributed by atoms with Crippen LogP contribution in [0.15, 0.2) is 47.0 Å². The molecule has 126 valence electrons. The molecule has 0 bridgehead atoms. The van der Waals surface area contributed by atoms with Gasteiger partial charge in [0, 0.05) is 17.6 Å². The van der Waals surface area contributed by atoms with Crippen LogP contribution in [0.25, 0.3) is 11.0 Å². The van der Waals surface area contributed by atoms with Crippen molar-refractivity contribution in [2.45, 2.75) is 13.5 Å².